The van der Waals surface area contributed by atoms with Gasteiger partial charge in [0.15, 0.2) is 0 Å². The highest BCUT2D eigenvalue weighted by Crippen LogP contribution is 2.20. The van der Waals surface area contributed by atoms with Gasteiger partial charge >= 0.3 is 0 Å². The van der Waals surface area contributed by atoms with E-state index in [1.807, 2.05) is 0 Å². The van der Waals surface area contributed by atoms with Crippen LogP contribution in [-0.4, -0.2) is 5.91 Å². The van der Waals surface area contributed by atoms with Gasteiger partial charge in [0.1, 0.15) is 0 Å². The molecule has 122 valence electrons. The minimum Gasteiger partial charge on any atom is -0.349 e. The van der Waals surface area contributed by atoms with Gasteiger partial charge in [-0.25, -0.2) is 0 Å². The number of nitrogens with one attached hydrogen (secondary N) is 1. The van der Waals surface area contributed by atoms with E-state index in [2.05, 4.69) is 75.5 Å². The fourth-order valence-corrected chi connectivity index (χ4v) is 2.73. The van der Waals surface area contributed by atoms with Crippen LogP contribution >= 0.6 is 0 Å². The van der Waals surface area contributed by atoms with Crippen LogP contribution in [-0.2, 0) is 17.6 Å². The first kappa shape index (κ1) is 17.3. The molecule has 0 saturated carbocycles. The third-order valence-electron chi connectivity index (χ3n) is 4.47. The minimum absolute atomic E-state index is 0.0803. The maximum absolute atomic E-state index is 12.4. The first-order chi connectivity index (χ1) is 11.0. The molecule has 0 aliphatic heterocycles. The monoisotopic (exact) mass is 309 g/mol. The van der Waals surface area contributed by atoms with Crippen LogP contribution in [0.3, 0.4) is 0 Å². The van der Waals surface area contributed by atoms with E-state index in [9.17, 15) is 4.79 Å². The second kappa shape index (κ2) is 7.96. The summed E-state index contributed by atoms with van der Waals surface area (Å²) in [6, 6.07) is 14.8. The van der Waals surface area contributed by atoms with E-state index < -0.39 is 0 Å². The Balaban J connectivity index is 2.02. The third kappa shape index (κ3) is 4.69. The Morgan fingerprint density at radius 2 is 1.61 bits per heavy atom. The summed E-state index contributed by atoms with van der Waals surface area (Å²) in [7, 11) is 0. The second-order valence-electron chi connectivity index (χ2n) is 6.22. The molecule has 0 radical (unpaired) electrons. The Labute approximate surface area is 139 Å². The highest BCUT2D eigenvalue weighted by atomic mass is 16.1. The van der Waals surface area contributed by atoms with E-state index in [4.69, 9.17) is 0 Å². The number of rotatable bonds is 6. The van der Waals surface area contributed by atoms with E-state index in [1.165, 1.54) is 22.3 Å². The predicted octanol–water partition coefficient (Wildman–Crippen LogP) is 4.68. The summed E-state index contributed by atoms with van der Waals surface area (Å²) in [5.41, 5.74) is 6.10. The molecule has 1 amide bonds. The van der Waals surface area contributed by atoms with Crippen molar-refractivity contribution in [2.45, 2.75) is 53.0 Å². The van der Waals surface area contributed by atoms with E-state index >= 15 is 0 Å². The Hall–Kier alpha value is -2.09. The molecule has 0 aliphatic carbocycles. The van der Waals surface area contributed by atoms with Gasteiger partial charge in [-0.05, 0) is 54.5 Å². The van der Waals surface area contributed by atoms with Crippen LogP contribution < -0.4 is 5.32 Å². The van der Waals surface area contributed by atoms with Crippen molar-refractivity contribution in [2.24, 2.45) is 0 Å². The lowest BCUT2D eigenvalue weighted by Crippen LogP contribution is -2.29. The zero-order valence-corrected chi connectivity index (χ0v) is 14.6. The van der Waals surface area contributed by atoms with Gasteiger partial charge in [-0.15, -0.1) is 0 Å². The minimum atomic E-state index is 0.0803. The Morgan fingerprint density at radius 1 is 0.957 bits per heavy atom. The van der Waals surface area contributed by atoms with E-state index in [0.29, 0.717) is 6.42 Å². The van der Waals surface area contributed by atoms with Crippen LogP contribution in [0.15, 0.2) is 42.5 Å². The average molecular weight is 309 g/mol. The van der Waals surface area contributed by atoms with Crippen molar-refractivity contribution < 1.29 is 4.79 Å². The molecule has 0 aromatic heterocycles. The standard InChI is InChI=1S/C21H27NO/c1-5-17-8-10-18(11-9-17)14-21(23)22-20(6-2)19-12-7-15(3)16(4)13-19/h7-13,20H,5-6,14H2,1-4H3,(H,22,23)/t20-/m1/s1. The second-order valence-corrected chi connectivity index (χ2v) is 6.22. The molecule has 0 unspecified atom stereocenters. The zero-order chi connectivity index (χ0) is 16.8. The molecular weight excluding hydrogens is 282 g/mol. The smallest absolute Gasteiger partial charge is 0.224 e. The van der Waals surface area contributed by atoms with Crippen LogP contribution in [0.4, 0.5) is 0 Å². The Bertz CT molecular complexity index is 658. The lowest BCUT2D eigenvalue weighted by Gasteiger charge is -2.19. The summed E-state index contributed by atoms with van der Waals surface area (Å²) in [5, 5.41) is 3.17. The van der Waals surface area contributed by atoms with Gasteiger partial charge < -0.3 is 5.32 Å². The predicted molar refractivity (Wildman–Crippen MR) is 96.6 cm³/mol. The molecule has 2 heteroatoms. The van der Waals surface area contributed by atoms with Crippen LogP contribution in [0.2, 0.25) is 0 Å². The van der Waals surface area contributed by atoms with Crippen molar-refractivity contribution in [2.75, 3.05) is 0 Å². The van der Waals surface area contributed by atoms with Crippen LogP contribution in [0, 0.1) is 13.8 Å². The quantitative estimate of drug-likeness (QED) is 0.825. The fraction of sp³-hybridized carbons (Fsp3) is 0.381. The van der Waals surface area contributed by atoms with Crippen LogP contribution in [0.5, 0.6) is 0 Å². The molecule has 2 nitrogen and oxygen atoms in total. The van der Waals surface area contributed by atoms with E-state index in [1.54, 1.807) is 0 Å². The van der Waals surface area contributed by atoms with Crippen molar-refractivity contribution in [3.8, 4) is 0 Å². The molecule has 0 bridgehead atoms. The van der Waals surface area contributed by atoms with Gasteiger partial charge in [0.25, 0.3) is 0 Å². The van der Waals surface area contributed by atoms with Crippen molar-refractivity contribution in [3.63, 3.8) is 0 Å². The number of aryl methyl sites for hydroxylation is 3. The summed E-state index contributed by atoms with van der Waals surface area (Å²) >= 11 is 0. The maximum atomic E-state index is 12.4. The zero-order valence-electron chi connectivity index (χ0n) is 14.6. The van der Waals surface area contributed by atoms with Crippen molar-refractivity contribution >= 4 is 5.91 Å². The number of carbonyl (C=O) groups excluding carboxylic acids is 1. The van der Waals surface area contributed by atoms with Crippen LogP contribution in [0.1, 0.15) is 54.1 Å². The third-order valence-corrected chi connectivity index (χ3v) is 4.47. The molecule has 23 heavy (non-hydrogen) atoms. The molecule has 1 atom stereocenters. The molecule has 0 aliphatic rings. The average Bonchev–Trinajstić information content (AvgIpc) is 2.56. The van der Waals surface area contributed by atoms with Crippen LogP contribution in [0.25, 0.3) is 0 Å². The largest absolute Gasteiger partial charge is 0.349 e. The topological polar surface area (TPSA) is 29.1 Å². The number of carbonyl (C=O) groups is 1. The molecule has 0 heterocycles. The summed E-state index contributed by atoms with van der Waals surface area (Å²) in [6.45, 7) is 8.47. The van der Waals surface area contributed by atoms with Gasteiger partial charge in [-0.1, -0.05) is 56.3 Å². The van der Waals surface area contributed by atoms with Gasteiger partial charge in [-0.3, -0.25) is 4.79 Å². The van der Waals surface area contributed by atoms with E-state index in [-0.39, 0.29) is 11.9 Å². The van der Waals surface area contributed by atoms with Crippen molar-refractivity contribution in [1.82, 2.24) is 5.32 Å². The van der Waals surface area contributed by atoms with Gasteiger partial charge in [0, 0.05) is 0 Å². The highest BCUT2D eigenvalue weighted by molar-refractivity contribution is 5.79. The fourth-order valence-electron chi connectivity index (χ4n) is 2.73. The number of amides is 1. The molecular formula is C21H27NO. The first-order valence-corrected chi connectivity index (χ1v) is 8.47. The normalized spacial score (nSPS) is 12.0. The summed E-state index contributed by atoms with van der Waals surface area (Å²) in [4.78, 5) is 12.4. The molecule has 2 aromatic carbocycles. The molecule has 2 aromatic rings. The first-order valence-electron chi connectivity index (χ1n) is 8.47. The van der Waals surface area contributed by atoms with Crippen molar-refractivity contribution in [3.05, 3.63) is 70.3 Å². The molecule has 2 rings (SSSR count). The molecule has 0 fully saturated rings. The van der Waals surface area contributed by atoms with E-state index in [0.717, 1.165) is 18.4 Å². The number of hydrogen-bond donors (Lipinski definition) is 1. The SMILES string of the molecule is CCc1ccc(CC(=O)N[C@H](CC)c2ccc(C)c(C)c2)cc1. The maximum Gasteiger partial charge on any atom is 0.224 e. The lowest BCUT2D eigenvalue weighted by atomic mass is 9.99. The summed E-state index contributed by atoms with van der Waals surface area (Å²) in [5.74, 6) is 0.0827. The number of hydrogen-bond acceptors (Lipinski definition) is 1. The Kier molecular flexibility index (Phi) is 5.97. The highest BCUT2D eigenvalue weighted by Gasteiger charge is 2.13. The van der Waals surface area contributed by atoms with Gasteiger partial charge in [0.05, 0.1) is 12.5 Å². The molecule has 1 N–H and O–H groups in total. The van der Waals surface area contributed by atoms with Crippen molar-refractivity contribution in [1.29, 1.82) is 0 Å². The number of benzene rings is 2. The van der Waals surface area contributed by atoms with Gasteiger partial charge in [0.2, 0.25) is 5.91 Å². The summed E-state index contributed by atoms with van der Waals surface area (Å²) < 4.78 is 0. The molecule has 0 spiro atoms. The summed E-state index contributed by atoms with van der Waals surface area (Å²) in [6.07, 6.45) is 2.35. The van der Waals surface area contributed by atoms with Gasteiger partial charge in [-0.2, -0.15) is 0 Å². The molecule has 0 saturated heterocycles. The Morgan fingerprint density at radius 3 is 2.17 bits per heavy atom. The lowest BCUT2D eigenvalue weighted by molar-refractivity contribution is -0.121.